The molecule has 0 spiro atoms. The van der Waals surface area contributed by atoms with Crippen molar-refractivity contribution in [2.24, 2.45) is 4.99 Å². The molecule has 0 N–H and O–H groups in total. The summed E-state index contributed by atoms with van der Waals surface area (Å²) < 4.78 is 21.8. The molecule has 0 saturated carbocycles. The van der Waals surface area contributed by atoms with Gasteiger partial charge in [-0.05, 0) is 80.6 Å². The van der Waals surface area contributed by atoms with E-state index in [1.165, 1.54) is 23.1 Å². The lowest BCUT2D eigenvalue weighted by Crippen LogP contribution is -2.39. The highest BCUT2D eigenvalue weighted by molar-refractivity contribution is 9.10. The Morgan fingerprint density at radius 1 is 1.14 bits per heavy atom. The predicted molar refractivity (Wildman–Crippen MR) is 168 cm³/mol. The number of aromatic nitrogens is 2. The Morgan fingerprint density at radius 3 is 2.79 bits per heavy atom. The zero-order valence-corrected chi connectivity index (χ0v) is 26.8. The van der Waals surface area contributed by atoms with Gasteiger partial charge in [-0.25, -0.2) is 14.8 Å². The number of carbonyl (C=O) groups is 1. The fourth-order valence-electron chi connectivity index (χ4n) is 4.65. The quantitative estimate of drug-likeness (QED) is 0.177. The molecule has 0 amide bonds. The van der Waals surface area contributed by atoms with Gasteiger partial charge in [0.15, 0.2) is 14.2 Å². The van der Waals surface area contributed by atoms with Gasteiger partial charge in [-0.15, -0.1) is 11.3 Å². The molecule has 0 radical (unpaired) electrons. The van der Waals surface area contributed by atoms with Crippen molar-refractivity contribution in [2.75, 3.05) is 13.2 Å². The molecule has 0 unspecified atom stereocenters. The van der Waals surface area contributed by atoms with Crippen molar-refractivity contribution in [1.82, 2.24) is 9.55 Å². The van der Waals surface area contributed by atoms with Crippen molar-refractivity contribution in [3.8, 4) is 5.75 Å². The minimum absolute atomic E-state index is 0.218. The van der Waals surface area contributed by atoms with Crippen LogP contribution in [-0.4, -0.2) is 28.7 Å². The van der Waals surface area contributed by atoms with Crippen LogP contribution in [0.4, 0.5) is 0 Å². The summed E-state index contributed by atoms with van der Waals surface area (Å²) >= 11 is 7.75. The first-order valence-corrected chi connectivity index (χ1v) is 16.3. The number of hydrogen-bond donors (Lipinski definition) is 0. The van der Waals surface area contributed by atoms with Crippen LogP contribution in [-0.2, 0) is 9.53 Å². The summed E-state index contributed by atoms with van der Waals surface area (Å²) in [5, 5.41) is 0.658. The normalized spacial score (nSPS) is 15.1. The van der Waals surface area contributed by atoms with E-state index in [1.807, 2.05) is 61.5 Å². The molecule has 0 bridgehead atoms. The summed E-state index contributed by atoms with van der Waals surface area (Å²) in [6, 6.07) is 16.4. The highest BCUT2D eigenvalue weighted by Crippen LogP contribution is 2.37. The number of halogens is 1. The Kier molecular flexibility index (Phi) is 8.22. The fraction of sp³-hybridized carbons (Fsp3) is 0.200. The number of fused-ring (bicyclic) bond motifs is 2. The van der Waals surface area contributed by atoms with Crippen molar-refractivity contribution in [1.29, 1.82) is 0 Å². The monoisotopic (exact) mass is 681 g/mol. The summed E-state index contributed by atoms with van der Waals surface area (Å²) in [6.07, 6.45) is 1.71. The summed E-state index contributed by atoms with van der Waals surface area (Å²) in [5.41, 5.74) is 2.27. The van der Waals surface area contributed by atoms with Crippen LogP contribution >= 0.6 is 50.4 Å². The van der Waals surface area contributed by atoms with Gasteiger partial charge in [0.2, 0.25) is 0 Å². The SMILES string of the molecule is CCOC(=O)C1=C(C)N=c2s/c(=C\c3ccc(Sc4nc5ccc(OCC)cc5s4)o3)c(=O)n2[C@@H]1c1cccc(Br)c1. The van der Waals surface area contributed by atoms with Crippen molar-refractivity contribution in [3.05, 3.63) is 101 Å². The minimum atomic E-state index is -0.676. The summed E-state index contributed by atoms with van der Waals surface area (Å²) in [4.78, 5) is 36.7. The Labute approximate surface area is 261 Å². The van der Waals surface area contributed by atoms with E-state index < -0.39 is 12.0 Å². The van der Waals surface area contributed by atoms with Crippen LogP contribution in [0.3, 0.4) is 0 Å². The van der Waals surface area contributed by atoms with E-state index in [-0.39, 0.29) is 12.2 Å². The molecule has 5 aromatic rings. The lowest BCUT2D eigenvalue weighted by atomic mass is 9.96. The molecule has 1 aliphatic heterocycles. The van der Waals surface area contributed by atoms with Crippen LogP contribution in [0, 0.1) is 0 Å². The van der Waals surface area contributed by atoms with E-state index in [2.05, 4.69) is 20.9 Å². The summed E-state index contributed by atoms with van der Waals surface area (Å²) in [5.74, 6) is 0.858. The van der Waals surface area contributed by atoms with E-state index >= 15 is 0 Å². The van der Waals surface area contributed by atoms with Crippen molar-refractivity contribution in [3.63, 3.8) is 0 Å². The van der Waals surface area contributed by atoms with Gasteiger partial charge in [0.25, 0.3) is 5.56 Å². The molecular formula is C30H24BrN3O5S3. The van der Waals surface area contributed by atoms with Crippen LogP contribution in [0.1, 0.15) is 38.1 Å². The van der Waals surface area contributed by atoms with Crippen LogP contribution in [0.5, 0.6) is 5.75 Å². The Hall–Kier alpha value is -3.45. The molecule has 6 rings (SSSR count). The summed E-state index contributed by atoms with van der Waals surface area (Å²) in [6.45, 7) is 6.30. The first-order chi connectivity index (χ1) is 20.3. The van der Waals surface area contributed by atoms with Gasteiger partial charge in [0.1, 0.15) is 11.5 Å². The third-order valence-corrected chi connectivity index (χ3v) is 9.87. The van der Waals surface area contributed by atoms with Crippen molar-refractivity contribution in [2.45, 2.75) is 36.2 Å². The predicted octanol–water partition coefficient (Wildman–Crippen LogP) is 6.31. The van der Waals surface area contributed by atoms with Gasteiger partial charge in [-0.1, -0.05) is 39.4 Å². The number of ether oxygens (including phenoxy) is 2. The molecule has 1 atom stereocenters. The third kappa shape index (κ3) is 5.63. The maximum atomic E-state index is 13.8. The van der Waals surface area contributed by atoms with E-state index in [0.29, 0.717) is 38.1 Å². The highest BCUT2D eigenvalue weighted by Gasteiger charge is 2.33. The zero-order valence-electron chi connectivity index (χ0n) is 22.8. The lowest BCUT2D eigenvalue weighted by Gasteiger charge is -2.24. The van der Waals surface area contributed by atoms with Gasteiger partial charge >= 0.3 is 5.97 Å². The molecular weight excluding hydrogens is 658 g/mol. The number of hydrogen-bond acceptors (Lipinski definition) is 10. The summed E-state index contributed by atoms with van der Waals surface area (Å²) in [7, 11) is 0. The van der Waals surface area contributed by atoms with Crippen LogP contribution in [0.25, 0.3) is 16.3 Å². The molecule has 2 aromatic carbocycles. The van der Waals surface area contributed by atoms with Gasteiger partial charge in [-0.3, -0.25) is 9.36 Å². The number of esters is 1. The second-order valence-electron chi connectivity index (χ2n) is 9.16. The molecule has 0 saturated heterocycles. The number of furan rings is 1. The Morgan fingerprint density at radius 2 is 2.00 bits per heavy atom. The molecule has 3 aromatic heterocycles. The molecule has 0 fully saturated rings. The van der Waals surface area contributed by atoms with E-state index in [9.17, 15) is 9.59 Å². The van der Waals surface area contributed by atoms with E-state index in [1.54, 1.807) is 35.8 Å². The topological polar surface area (TPSA) is 95.9 Å². The molecule has 42 heavy (non-hydrogen) atoms. The minimum Gasteiger partial charge on any atom is -0.494 e. The fourth-order valence-corrected chi connectivity index (χ4v) is 8.09. The first-order valence-electron chi connectivity index (χ1n) is 13.1. The molecule has 4 heterocycles. The molecule has 214 valence electrons. The number of thiazole rings is 2. The van der Waals surface area contributed by atoms with Gasteiger partial charge in [-0.2, -0.15) is 0 Å². The number of nitrogens with zero attached hydrogens (tertiary/aromatic N) is 3. The van der Waals surface area contributed by atoms with Crippen molar-refractivity contribution < 1.29 is 18.7 Å². The maximum Gasteiger partial charge on any atom is 0.338 e. The van der Waals surface area contributed by atoms with Gasteiger partial charge < -0.3 is 13.9 Å². The average Bonchev–Trinajstić information content (AvgIpc) is 3.65. The standard InChI is InChI=1S/C30H24BrN3O5S3/c1-4-37-19-9-11-21-22(14-19)41-30(33-21)42-24-12-10-20(39-24)15-23-27(35)34-26(17-7-6-8-18(31)13-17)25(28(36)38-5-2)16(3)32-29(34)40-23/h6-15,26H,4-5H2,1-3H3/b23-15-/t26-/m1/s1. The molecule has 8 nitrogen and oxygen atoms in total. The molecule has 12 heteroatoms. The van der Waals surface area contributed by atoms with Crippen LogP contribution < -0.4 is 19.6 Å². The number of rotatable bonds is 8. The van der Waals surface area contributed by atoms with Crippen LogP contribution in [0.2, 0.25) is 0 Å². The highest BCUT2D eigenvalue weighted by atomic mass is 79.9. The van der Waals surface area contributed by atoms with Crippen molar-refractivity contribution >= 4 is 72.6 Å². The Balaban J connectivity index is 1.35. The molecule has 1 aliphatic rings. The second-order valence-corrected chi connectivity index (χ2v) is 13.4. The second kappa shape index (κ2) is 12.0. The first kappa shape index (κ1) is 28.7. The number of benzene rings is 2. The third-order valence-electron chi connectivity index (χ3n) is 6.40. The Bertz CT molecular complexity index is 2040. The van der Waals surface area contributed by atoms with Gasteiger partial charge in [0, 0.05) is 10.5 Å². The maximum absolute atomic E-state index is 13.8. The molecule has 0 aliphatic carbocycles. The van der Waals surface area contributed by atoms with E-state index in [4.69, 9.17) is 18.9 Å². The van der Waals surface area contributed by atoms with Gasteiger partial charge in [0.05, 0.1) is 45.3 Å². The average molecular weight is 683 g/mol. The van der Waals surface area contributed by atoms with E-state index in [0.717, 1.165) is 30.3 Å². The largest absolute Gasteiger partial charge is 0.494 e. The van der Waals surface area contributed by atoms with Crippen LogP contribution in [0.15, 0.2) is 94.0 Å². The zero-order chi connectivity index (χ0) is 29.4. The number of allylic oxidation sites excluding steroid dienone is 1. The lowest BCUT2D eigenvalue weighted by molar-refractivity contribution is -0.139. The smallest absolute Gasteiger partial charge is 0.338 e. The number of carbonyl (C=O) groups excluding carboxylic acids is 1.